The standard InChI is InChI=1S/C20H31N3O2.ClH/c1-3-15(2)19(21)20(25)22-14-18(24)23-11-9-17(10-12-23)13-16-7-5-4-6-8-16;/h4-8,15,17,19H,3,9-14,21H2,1-2H3,(H,22,25);1H. The van der Waals surface area contributed by atoms with E-state index in [2.05, 4.69) is 29.6 Å². The predicted octanol–water partition coefficient (Wildman–Crippen LogP) is 2.38. The highest BCUT2D eigenvalue weighted by atomic mass is 35.5. The molecular weight excluding hydrogens is 350 g/mol. The Balaban J connectivity index is 0.00000338. The van der Waals surface area contributed by atoms with Crippen molar-refractivity contribution in [3.63, 3.8) is 0 Å². The Kier molecular flexibility index (Phi) is 9.66. The van der Waals surface area contributed by atoms with E-state index in [0.29, 0.717) is 5.92 Å². The van der Waals surface area contributed by atoms with Crippen LogP contribution in [0.25, 0.3) is 0 Å². The maximum Gasteiger partial charge on any atom is 0.241 e. The Hall–Kier alpha value is -1.59. The third kappa shape index (κ3) is 6.61. The largest absolute Gasteiger partial charge is 0.346 e. The number of likely N-dealkylation sites (tertiary alicyclic amines) is 1. The van der Waals surface area contributed by atoms with E-state index in [1.807, 2.05) is 24.8 Å². The number of piperidine rings is 1. The van der Waals surface area contributed by atoms with Gasteiger partial charge in [-0.25, -0.2) is 0 Å². The summed E-state index contributed by atoms with van der Waals surface area (Å²) in [4.78, 5) is 26.1. The molecule has 1 saturated heterocycles. The van der Waals surface area contributed by atoms with Gasteiger partial charge in [-0.3, -0.25) is 9.59 Å². The molecule has 0 aromatic heterocycles. The van der Waals surface area contributed by atoms with Crippen molar-refractivity contribution in [1.29, 1.82) is 0 Å². The molecule has 0 bridgehead atoms. The van der Waals surface area contributed by atoms with Gasteiger partial charge in [-0.05, 0) is 36.7 Å². The lowest BCUT2D eigenvalue weighted by atomic mass is 9.90. The van der Waals surface area contributed by atoms with Crippen LogP contribution in [0.2, 0.25) is 0 Å². The highest BCUT2D eigenvalue weighted by Gasteiger charge is 2.24. The van der Waals surface area contributed by atoms with Crippen LogP contribution in [0.15, 0.2) is 30.3 Å². The molecule has 0 aliphatic carbocycles. The normalized spacial score (nSPS) is 17.1. The Bertz CT molecular complexity index is 559. The lowest BCUT2D eigenvalue weighted by molar-refractivity contribution is -0.134. The van der Waals surface area contributed by atoms with E-state index in [1.165, 1.54) is 5.56 Å². The van der Waals surface area contributed by atoms with Crippen LogP contribution in [0, 0.1) is 11.8 Å². The summed E-state index contributed by atoms with van der Waals surface area (Å²) >= 11 is 0. The average Bonchev–Trinajstić information content (AvgIpc) is 2.66. The van der Waals surface area contributed by atoms with Gasteiger partial charge in [0.2, 0.25) is 11.8 Å². The van der Waals surface area contributed by atoms with Gasteiger partial charge in [-0.2, -0.15) is 0 Å². The van der Waals surface area contributed by atoms with Crippen molar-refractivity contribution in [3.8, 4) is 0 Å². The van der Waals surface area contributed by atoms with Gasteiger partial charge in [0.1, 0.15) is 0 Å². The minimum Gasteiger partial charge on any atom is -0.346 e. The number of halogens is 1. The van der Waals surface area contributed by atoms with Gasteiger partial charge in [-0.15, -0.1) is 12.4 Å². The molecule has 1 fully saturated rings. The molecule has 146 valence electrons. The molecule has 1 aliphatic rings. The molecule has 3 N–H and O–H groups in total. The molecule has 0 saturated carbocycles. The third-order valence-corrected chi connectivity index (χ3v) is 5.31. The second-order valence-corrected chi connectivity index (χ2v) is 7.14. The maximum absolute atomic E-state index is 12.3. The van der Waals surface area contributed by atoms with Gasteiger partial charge >= 0.3 is 0 Å². The summed E-state index contributed by atoms with van der Waals surface area (Å²) in [6.45, 7) is 5.53. The summed E-state index contributed by atoms with van der Waals surface area (Å²) in [7, 11) is 0. The zero-order valence-electron chi connectivity index (χ0n) is 15.8. The zero-order chi connectivity index (χ0) is 18.2. The maximum atomic E-state index is 12.3. The van der Waals surface area contributed by atoms with Crippen molar-refractivity contribution in [1.82, 2.24) is 10.2 Å². The molecule has 6 heteroatoms. The number of hydrogen-bond acceptors (Lipinski definition) is 3. The van der Waals surface area contributed by atoms with Crippen molar-refractivity contribution < 1.29 is 9.59 Å². The van der Waals surface area contributed by atoms with Gasteiger partial charge < -0.3 is 16.0 Å². The van der Waals surface area contributed by atoms with Crippen LogP contribution in [0.5, 0.6) is 0 Å². The SMILES string of the molecule is CCC(C)C(N)C(=O)NCC(=O)N1CCC(Cc2ccccc2)CC1.Cl. The van der Waals surface area contributed by atoms with Gasteiger partial charge in [-0.1, -0.05) is 50.6 Å². The molecule has 1 aliphatic heterocycles. The van der Waals surface area contributed by atoms with Crippen LogP contribution in [0.4, 0.5) is 0 Å². The highest BCUT2D eigenvalue weighted by molar-refractivity contribution is 5.87. The van der Waals surface area contributed by atoms with Gasteiger partial charge in [0, 0.05) is 13.1 Å². The first-order chi connectivity index (χ1) is 12.0. The third-order valence-electron chi connectivity index (χ3n) is 5.31. The van der Waals surface area contributed by atoms with Crippen LogP contribution in [-0.2, 0) is 16.0 Å². The van der Waals surface area contributed by atoms with E-state index in [4.69, 9.17) is 5.73 Å². The van der Waals surface area contributed by atoms with Crippen molar-refractivity contribution in [3.05, 3.63) is 35.9 Å². The second-order valence-electron chi connectivity index (χ2n) is 7.14. The molecule has 0 radical (unpaired) electrons. The molecule has 5 nitrogen and oxygen atoms in total. The molecule has 1 aromatic rings. The summed E-state index contributed by atoms with van der Waals surface area (Å²) in [5.41, 5.74) is 7.25. The van der Waals surface area contributed by atoms with E-state index in [-0.39, 0.29) is 36.7 Å². The first-order valence-corrected chi connectivity index (χ1v) is 9.36. The van der Waals surface area contributed by atoms with Crippen molar-refractivity contribution in [2.45, 2.75) is 45.6 Å². The topological polar surface area (TPSA) is 75.4 Å². The van der Waals surface area contributed by atoms with Gasteiger partial charge in [0.15, 0.2) is 0 Å². The van der Waals surface area contributed by atoms with E-state index in [9.17, 15) is 9.59 Å². The number of carbonyl (C=O) groups excluding carboxylic acids is 2. The van der Waals surface area contributed by atoms with Gasteiger partial charge in [0.25, 0.3) is 0 Å². The zero-order valence-corrected chi connectivity index (χ0v) is 16.6. The van der Waals surface area contributed by atoms with Gasteiger partial charge in [0.05, 0.1) is 12.6 Å². The second kappa shape index (κ2) is 11.2. The summed E-state index contributed by atoms with van der Waals surface area (Å²) in [5.74, 6) is 0.494. The summed E-state index contributed by atoms with van der Waals surface area (Å²) in [6, 6.07) is 9.95. The Morgan fingerprint density at radius 3 is 2.42 bits per heavy atom. The number of carbonyl (C=O) groups is 2. The summed E-state index contributed by atoms with van der Waals surface area (Å²) < 4.78 is 0. The molecule has 26 heavy (non-hydrogen) atoms. The van der Waals surface area contributed by atoms with Crippen LogP contribution < -0.4 is 11.1 Å². The van der Waals surface area contributed by atoms with Crippen LogP contribution >= 0.6 is 12.4 Å². The number of nitrogens with one attached hydrogen (secondary N) is 1. The number of benzene rings is 1. The van der Waals surface area contributed by atoms with Crippen LogP contribution in [0.3, 0.4) is 0 Å². The summed E-state index contributed by atoms with van der Waals surface area (Å²) in [6.07, 6.45) is 3.95. The Labute approximate surface area is 163 Å². The van der Waals surface area contributed by atoms with Crippen LogP contribution in [0.1, 0.15) is 38.7 Å². The number of nitrogens with zero attached hydrogens (tertiary/aromatic N) is 1. The Morgan fingerprint density at radius 1 is 1.23 bits per heavy atom. The van der Waals surface area contributed by atoms with E-state index < -0.39 is 6.04 Å². The van der Waals surface area contributed by atoms with Crippen molar-refractivity contribution in [2.75, 3.05) is 19.6 Å². The fourth-order valence-electron chi connectivity index (χ4n) is 3.24. The number of nitrogens with two attached hydrogens (primary N) is 1. The lowest BCUT2D eigenvalue weighted by Gasteiger charge is -2.32. The first-order valence-electron chi connectivity index (χ1n) is 9.36. The Morgan fingerprint density at radius 2 is 1.85 bits per heavy atom. The van der Waals surface area contributed by atoms with E-state index in [1.54, 1.807) is 0 Å². The molecule has 2 atom stereocenters. The molecule has 2 rings (SSSR count). The number of amides is 2. The quantitative estimate of drug-likeness (QED) is 0.761. The lowest BCUT2D eigenvalue weighted by Crippen LogP contribution is -2.49. The highest BCUT2D eigenvalue weighted by Crippen LogP contribution is 2.21. The smallest absolute Gasteiger partial charge is 0.241 e. The van der Waals surface area contributed by atoms with Crippen molar-refractivity contribution >= 4 is 24.2 Å². The number of rotatable bonds is 7. The fraction of sp³-hybridized carbons (Fsp3) is 0.600. The van der Waals surface area contributed by atoms with Crippen LogP contribution in [-0.4, -0.2) is 42.4 Å². The fourth-order valence-corrected chi connectivity index (χ4v) is 3.24. The molecule has 2 unspecified atom stereocenters. The molecule has 2 amide bonds. The predicted molar refractivity (Wildman–Crippen MR) is 107 cm³/mol. The molecule has 1 aromatic carbocycles. The van der Waals surface area contributed by atoms with E-state index >= 15 is 0 Å². The number of hydrogen-bond donors (Lipinski definition) is 2. The monoisotopic (exact) mass is 381 g/mol. The van der Waals surface area contributed by atoms with E-state index in [0.717, 1.165) is 38.8 Å². The average molecular weight is 382 g/mol. The molecule has 0 spiro atoms. The molecule has 1 heterocycles. The summed E-state index contributed by atoms with van der Waals surface area (Å²) in [5, 5.41) is 2.69. The minimum atomic E-state index is -0.547. The molecular formula is C20H32ClN3O2. The van der Waals surface area contributed by atoms with Crippen molar-refractivity contribution in [2.24, 2.45) is 17.6 Å². The first kappa shape index (κ1) is 22.5. The minimum absolute atomic E-state index is 0.